The highest BCUT2D eigenvalue weighted by Crippen LogP contribution is 2.51. The Morgan fingerprint density at radius 3 is 2.12 bits per heavy atom. The molecule has 0 saturated heterocycles. The second-order valence-electron chi connectivity index (χ2n) is 11.6. The third-order valence-corrected chi connectivity index (χ3v) is 9.36. The predicted molar refractivity (Wildman–Crippen MR) is 186 cm³/mol. The molecule has 3 aliphatic carbocycles. The Hall–Kier alpha value is -5.20. The highest BCUT2D eigenvalue weighted by molar-refractivity contribution is 6.21. The molecular formula is C43H32. The summed E-state index contributed by atoms with van der Waals surface area (Å²) in [6.45, 7) is 5.94. The van der Waals surface area contributed by atoms with Crippen LogP contribution in [0.4, 0.5) is 0 Å². The molecular weight excluding hydrogens is 516 g/mol. The van der Waals surface area contributed by atoms with Crippen LogP contribution in [0.25, 0.3) is 56.0 Å². The van der Waals surface area contributed by atoms with Crippen molar-refractivity contribution in [1.29, 1.82) is 0 Å². The maximum atomic E-state index is 3.91. The quantitative estimate of drug-likeness (QED) is 0.151. The van der Waals surface area contributed by atoms with Gasteiger partial charge in [-0.2, -0.15) is 0 Å². The summed E-state index contributed by atoms with van der Waals surface area (Å²) in [7, 11) is 0. The molecule has 0 bridgehead atoms. The summed E-state index contributed by atoms with van der Waals surface area (Å²) in [5.74, 6) is 0.341. The molecule has 0 heteroatoms. The zero-order valence-corrected chi connectivity index (χ0v) is 24.3. The summed E-state index contributed by atoms with van der Waals surface area (Å²) >= 11 is 0. The van der Waals surface area contributed by atoms with Crippen LogP contribution in [0.1, 0.15) is 35.1 Å². The fraction of sp³-hybridized carbons (Fsp3) is 0.0698. The maximum absolute atomic E-state index is 3.91. The maximum Gasteiger partial charge on any atom is 0.0345 e. The molecule has 0 heterocycles. The van der Waals surface area contributed by atoms with Crippen molar-refractivity contribution in [2.45, 2.75) is 19.3 Å². The van der Waals surface area contributed by atoms with Crippen molar-refractivity contribution >= 4 is 33.7 Å². The van der Waals surface area contributed by atoms with E-state index in [0.29, 0.717) is 5.92 Å². The average Bonchev–Trinajstić information content (AvgIpc) is 3.07. The van der Waals surface area contributed by atoms with Gasteiger partial charge in [0.25, 0.3) is 0 Å². The summed E-state index contributed by atoms with van der Waals surface area (Å²) < 4.78 is 0. The minimum Gasteiger partial charge on any atom is -0.0985 e. The van der Waals surface area contributed by atoms with Gasteiger partial charge in [0.2, 0.25) is 0 Å². The van der Waals surface area contributed by atoms with Crippen LogP contribution >= 0.6 is 0 Å². The molecule has 3 aliphatic rings. The zero-order valence-electron chi connectivity index (χ0n) is 24.3. The number of benzene rings is 5. The van der Waals surface area contributed by atoms with Gasteiger partial charge < -0.3 is 0 Å². The van der Waals surface area contributed by atoms with Crippen molar-refractivity contribution in [3.8, 4) is 22.3 Å². The van der Waals surface area contributed by atoms with Gasteiger partial charge in [-0.3, -0.25) is 0 Å². The zero-order chi connectivity index (χ0) is 28.9. The summed E-state index contributed by atoms with van der Waals surface area (Å²) in [4.78, 5) is 0. The van der Waals surface area contributed by atoms with E-state index in [1.807, 2.05) is 13.0 Å². The van der Waals surface area contributed by atoms with Gasteiger partial charge in [0.05, 0.1) is 0 Å². The largest absolute Gasteiger partial charge is 0.0985 e. The summed E-state index contributed by atoms with van der Waals surface area (Å²) in [6, 6.07) is 31.7. The Kier molecular flexibility index (Phi) is 6.09. The van der Waals surface area contributed by atoms with Gasteiger partial charge in [-0.1, -0.05) is 152 Å². The highest BCUT2D eigenvalue weighted by atomic mass is 14.4. The molecule has 0 N–H and O–H groups in total. The molecule has 0 nitrogen and oxygen atoms in total. The number of fused-ring (bicyclic) bond motifs is 2. The van der Waals surface area contributed by atoms with E-state index in [-0.39, 0.29) is 0 Å². The van der Waals surface area contributed by atoms with Crippen LogP contribution in [0.15, 0.2) is 157 Å². The van der Waals surface area contributed by atoms with Crippen LogP contribution in [0.3, 0.4) is 0 Å². The number of allylic oxidation sites excluding steroid dienone is 11. The van der Waals surface area contributed by atoms with Crippen molar-refractivity contribution in [1.82, 2.24) is 0 Å². The third kappa shape index (κ3) is 4.06. The van der Waals surface area contributed by atoms with Gasteiger partial charge in [0.15, 0.2) is 0 Å². The van der Waals surface area contributed by atoms with Gasteiger partial charge in [0.1, 0.15) is 0 Å². The first-order valence-electron chi connectivity index (χ1n) is 15.2. The van der Waals surface area contributed by atoms with Crippen LogP contribution in [-0.2, 0) is 6.42 Å². The standard InChI is InChI=1S/C43H32/c1-3-28(4-2)16-17-29-18-20-32(21-19-29)41-34-12-5-7-14-36(34)43(37-15-8-6-13-35(37)41)39-27-25-33-23-22-30-10-9-11-31-24-26-38(39)42(33)40(30)31/h3-25,27,40H,1,26H2,2H3. The van der Waals surface area contributed by atoms with E-state index in [9.17, 15) is 0 Å². The fourth-order valence-corrected chi connectivity index (χ4v) is 7.32. The third-order valence-electron chi connectivity index (χ3n) is 9.36. The minimum absolute atomic E-state index is 0.341. The molecule has 0 aromatic heterocycles. The van der Waals surface area contributed by atoms with E-state index in [2.05, 4.69) is 146 Å². The Morgan fingerprint density at radius 1 is 0.744 bits per heavy atom. The summed E-state index contributed by atoms with van der Waals surface area (Å²) in [5.41, 5.74) is 14.7. The smallest absolute Gasteiger partial charge is 0.0345 e. The molecule has 0 saturated carbocycles. The van der Waals surface area contributed by atoms with Gasteiger partial charge >= 0.3 is 0 Å². The Bertz CT molecular complexity index is 2100. The van der Waals surface area contributed by atoms with Crippen LogP contribution < -0.4 is 0 Å². The molecule has 5 aromatic carbocycles. The Morgan fingerprint density at radius 2 is 1.44 bits per heavy atom. The molecule has 0 aliphatic heterocycles. The second-order valence-corrected chi connectivity index (χ2v) is 11.6. The fourth-order valence-electron chi connectivity index (χ4n) is 7.32. The van der Waals surface area contributed by atoms with E-state index < -0.39 is 0 Å². The minimum atomic E-state index is 0.341. The molecule has 1 unspecified atom stereocenters. The van der Waals surface area contributed by atoms with E-state index in [1.54, 1.807) is 0 Å². The first kappa shape index (κ1) is 25.5. The van der Waals surface area contributed by atoms with Gasteiger partial charge in [-0.25, -0.2) is 0 Å². The summed E-state index contributed by atoms with van der Waals surface area (Å²) in [6.07, 6.45) is 23.0. The van der Waals surface area contributed by atoms with E-state index >= 15 is 0 Å². The SMILES string of the molecule is C=CC(C=Cc1ccc(-c2c3ccccc3c(-c3ccc4c5c3CC=C3C=CC=C(C=C4)C35)c3ccccc23)cc1)=CC. The molecule has 0 fully saturated rings. The molecule has 43 heavy (non-hydrogen) atoms. The number of hydrogen-bond donors (Lipinski definition) is 0. The lowest BCUT2D eigenvalue weighted by Gasteiger charge is -2.34. The van der Waals surface area contributed by atoms with Crippen molar-refractivity contribution < 1.29 is 0 Å². The first-order chi connectivity index (χ1) is 21.2. The van der Waals surface area contributed by atoms with E-state index in [1.165, 1.54) is 77.2 Å². The van der Waals surface area contributed by atoms with Crippen molar-refractivity contribution in [2.75, 3.05) is 0 Å². The molecule has 0 spiro atoms. The average molecular weight is 549 g/mol. The number of rotatable bonds is 5. The van der Waals surface area contributed by atoms with Crippen LogP contribution in [0, 0.1) is 0 Å². The van der Waals surface area contributed by atoms with E-state index in [0.717, 1.165) is 12.0 Å². The highest BCUT2D eigenvalue weighted by Gasteiger charge is 2.32. The molecule has 1 atom stereocenters. The van der Waals surface area contributed by atoms with Crippen molar-refractivity contribution in [2.24, 2.45) is 0 Å². The lowest BCUT2D eigenvalue weighted by molar-refractivity contribution is 0.894. The normalized spacial score (nSPS) is 16.9. The Balaban J connectivity index is 1.35. The van der Waals surface area contributed by atoms with Gasteiger partial charge in [-0.15, -0.1) is 0 Å². The van der Waals surface area contributed by atoms with Crippen molar-refractivity contribution in [3.63, 3.8) is 0 Å². The molecule has 204 valence electrons. The predicted octanol–water partition coefficient (Wildman–Crippen LogP) is 11.6. The van der Waals surface area contributed by atoms with E-state index in [4.69, 9.17) is 0 Å². The molecule has 0 amide bonds. The summed E-state index contributed by atoms with van der Waals surface area (Å²) in [5, 5.41) is 5.20. The second kappa shape index (κ2) is 10.3. The van der Waals surface area contributed by atoms with Crippen molar-refractivity contribution in [3.05, 3.63) is 179 Å². The van der Waals surface area contributed by atoms with Gasteiger partial charge in [0, 0.05) is 5.92 Å². The van der Waals surface area contributed by atoms with Gasteiger partial charge in [-0.05, 0) is 96.1 Å². The lowest BCUT2D eigenvalue weighted by atomic mass is 9.69. The van der Waals surface area contributed by atoms with Crippen LogP contribution in [-0.4, -0.2) is 0 Å². The lowest BCUT2D eigenvalue weighted by Crippen LogP contribution is -2.18. The topological polar surface area (TPSA) is 0 Å². The molecule has 0 radical (unpaired) electrons. The first-order valence-corrected chi connectivity index (χ1v) is 15.2. The molecule has 8 rings (SSSR count). The van der Waals surface area contributed by atoms with Crippen LogP contribution in [0.2, 0.25) is 0 Å². The Labute approximate surface area is 253 Å². The van der Waals surface area contributed by atoms with Crippen LogP contribution in [0.5, 0.6) is 0 Å². The monoisotopic (exact) mass is 548 g/mol. The number of hydrogen-bond acceptors (Lipinski definition) is 0. The molecule has 5 aromatic rings.